The molecule has 1 atom stereocenters. The highest BCUT2D eigenvalue weighted by atomic mass is 32.2. The maximum absolute atomic E-state index is 11.1. The second kappa shape index (κ2) is 6.82. The van der Waals surface area contributed by atoms with E-state index in [1.54, 1.807) is 0 Å². The van der Waals surface area contributed by atoms with Crippen molar-refractivity contribution in [1.82, 2.24) is 14.7 Å². The molecule has 1 rings (SSSR count). The topological polar surface area (TPSA) is 80.9 Å². The van der Waals surface area contributed by atoms with Crippen molar-refractivity contribution in [3.8, 4) is 0 Å². The molecule has 1 aromatic heterocycles. The lowest BCUT2D eigenvalue weighted by Gasteiger charge is -2.11. The Balaban J connectivity index is 2.45. The monoisotopic (exact) mass is 260 g/mol. The molecule has 16 heavy (non-hydrogen) atoms. The average molecular weight is 260 g/mol. The van der Waals surface area contributed by atoms with Crippen LogP contribution < -0.4 is 11.1 Å². The van der Waals surface area contributed by atoms with Gasteiger partial charge in [-0.25, -0.2) is 4.98 Å². The first kappa shape index (κ1) is 13.4. The van der Waals surface area contributed by atoms with Crippen LogP contribution in [0.4, 0.5) is 0 Å². The van der Waals surface area contributed by atoms with Crippen molar-refractivity contribution in [3.63, 3.8) is 0 Å². The summed E-state index contributed by atoms with van der Waals surface area (Å²) in [7, 11) is 0. The van der Waals surface area contributed by atoms with Gasteiger partial charge in [-0.3, -0.25) is 4.79 Å². The number of aryl methyl sites for hydroxylation is 1. The molecule has 3 N–H and O–H groups in total. The van der Waals surface area contributed by atoms with Gasteiger partial charge in [0.15, 0.2) is 4.34 Å². The number of nitrogens with one attached hydrogen (secondary N) is 1. The van der Waals surface area contributed by atoms with E-state index in [4.69, 9.17) is 5.73 Å². The van der Waals surface area contributed by atoms with Crippen LogP contribution >= 0.6 is 23.3 Å². The molecule has 1 aromatic rings. The number of amides is 1. The Bertz CT molecular complexity index is 342. The summed E-state index contributed by atoms with van der Waals surface area (Å²) in [6.45, 7) is 4.69. The van der Waals surface area contributed by atoms with Crippen LogP contribution in [-0.2, 0) is 11.2 Å². The third-order valence-corrected chi connectivity index (χ3v) is 3.90. The Labute approximate surface area is 103 Å². The Morgan fingerprint density at radius 1 is 1.62 bits per heavy atom. The molecule has 5 nitrogen and oxygen atoms in total. The van der Waals surface area contributed by atoms with Crippen LogP contribution in [0.2, 0.25) is 0 Å². The van der Waals surface area contributed by atoms with Crippen molar-refractivity contribution in [3.05, 3.63) is 5.82 Å². The van der Waals surface area contributed by atoms with E-state index in [2.05, 4.69) is 14.7 Å². The van der Waals surface area contributed by atoms with Gasteiger partial charge in [0, 0.05) is 12.2 Å². The number of carbonyl (C=O) groups is 1. The van der Waals surface area contributed by atoms with Crippen molar-refractivity contribution >= 4 is 29.2 Å². The molecule has 0 saturated heterocycles. The highest BCUT2D eigenvalue weighted by Gasteiger charge is 2.15. The fraction of sp³-hybridized carbons (Fsp3) is 0.667. The molecular formula is C9H16N4OS2. The predicted octanol–water partition coefficient (Wildman–Crippen LogP) is 0.656. The van der Waals surface area contributed by atoms with Crippen LogP contribution in [0, 0.1) is 0 Å². The number of hydrogen-bond acceptors (Lipinski definition) is 6. The summed E-state index contributed by atoms with van der Waals surface area (Å²) in [5.41, 5.74) is 5.27. The minimum Gasteiger partial charge on any atom is -0.368 e. The van der Waals surface area contributed by atoms with Crippen molar-refractivity contribution < 1.29 is 4.79 Å². The fourth-order valence-electron chi connectivity index (χ4n) is 1.08. The van der Waals surface area contributed by atoms with Crippen LogP contribution in [0.3, 0.4) is 0 Å². The van der Waals surface area contributed by atoms with Gasteiger partial charge in [-0.2, -0.15) is 4.37 Å². The summed E-state index contributed by atoms with van der Waals surface area (Å²) in [4.78, 5) is 15.4. The van der Waals surface area contributed by atoms with Gasteiger partial charge in [-0.1, -0.05) is 25.6 Å². The fourth-order valence-corrected chi connectivity index (χ4v) is 2.87. The van der Waals surface area contributed by atoms with Gasteiger partial charge >= 0.3 is 0 Å². The van der Waals surface area contributed by atoms with Gasteiger partial charge in [-0.15, -0.1) is 0 Å². The quantitative estimate of drug-likeness (QED) is 0.704. The van der Waals surface area contributed by atoms with Crippen molar-refractivity contribution in [2.75, 3.05) is 12.3 Å². The van der Waals surface area contributed by atoms with Crippen molar-refractivity contribution in [2.45, 2.75) is 30.6 Å². The zero-order valence-electron chi connectivity index (χ0n) is 9.40. The van der Waals surface area contributed by atoms with Crippen molar-refractivity contribution in [2.24, 2.45) is 5.73 Å². The maximum atomic E-state index is 11.1. The molecule has 0 aliphatic heterocycles. The minimum atomic E-state index is -0.324. The average Bonchev–Trinajstić information content (AvgIpc) is 2.71. The van der Waals surface area contributed by atoms with E-state index in [1.807, 2.05) is 13.8 Å². The van der Waals surface area contributed by atoms with Crippen LogP contribution in [0.15, 0.2) is 4.34 Å². The minimum absolute atomic E-state index is 0.302. The summed E-state index contributed by atoms with van der Waals surface area (Å²) in [5.74, 6) is 1.13. The number of hydrogen-bond donors (Lipinski definition) is 2. The number of likely N-dealkylation sites (N-methyl/N-ethyl adjacent to an activating group) is 1. The molecule has 0 aliphatic carbocycles. The number of rotatable bonds is 7. The lowest BCUT2D eigenvalue weighted by molar-refractivity contribution is -0.119. The Kier molecular flexibility index (Phi) is 5.72. The zero-order chi connectivity index (χ0) is 12.0. The number of primary amides is 1. The normalized spacial score (nSPS) is 12.6. The Morgan fingerprint density at radius 3 is 2.88 bits per heavy atom. The lowest BCUT2D eigenvalue weighted by Crippen LogP contribution is -2.42. The van der Waals surface area contributed by atoms with E-state index in [9.17, 15) is 4.79 Å². The molecule has 0 radical (unpaired) electrons. The van der Waals surface area contributed by atoms with Gasteiger partial charge in [0.05, 0.1) is 6.04 Å². The number of aromatic nitrogens is 2. The van der Waals surface area contributed by atoms with Gasteiger partial charge < -0.3 is 11.1 Å². The summed E-state index contributed by atoms with van der Waals surface area (Å²) in [5, 5.41) is 3.03. The van der Waals surface area contributed by atoms with Gasteiger partial charge in [-0.05, 0) is 18.1 Å². The summed E-state index contributed by atoms with van der Waals surface area (Å²) in [6.07, 6.45) is 0.837. The molecule has 0 aromatic carbocycles. The first-order valence-electron chi connectivity index (χ1n) is 5.15. The van der Waals surface area contributed by atoms with Gasteiger partial charge in [0.1, 0.15) is 5.82 Å². The molecule has 0 aliphatic rings. The molecule has 1 amide bonds. The van der Waals surface area contributed by atoms with E-state index in [0.717, 1.165) is 23.1 Å². The van der Waals surface area contributed by atoms with Crippen molar-refractivity contribution in [1.29, 1.82) is 0 Å². The van der Waals surface area contributed by atoms with E-state index < -0.39 is 0 Å². The van der Waals surface area contributed by atoms with Gasteiger partial charge in [0.2, 0.25) is 5.91 Å². The number of nitrogens with two attached hydrogens (primary N) is 1. The molecule has 1 unspecified atom stereocenters. The molecule has 0 bridgehead atoms. The predicted molar refractivity (Wildman–Crippen MR) is 66.7 cm³/mol. The van der Waals surface area contributed by atoms with Gasteiger partial charge in [0.25, 0.3) is 0 Å². The number of carbonyl (C=O) groups excluding carboxylic acids is 1. The van der Waals surface area contributed by atoms with E-state index in [0.29, 0.717) is 5.75 Å². The molecule has 1 heterocycles. The third-order valence-electron chi connectivity index (χ3n) is 1.93. The molecular weight excluding hydrogens is 244 g/mol. The Hall–Kier alpha value is -0.660. The molecule has 0 spiro atoms. The Morgan fingerprint density at radius 2 is 2.38 bits per heavy atom. The third kappa shape index (κ3) is 4.07. The SMILES string of the molecule is CCNC(CSc1nc(CC)ns1)C(N)=O. The molecule has 0 saturated carbocycles. The first-order chi connectivity index (χ1) is 7.67. The zero-order valence-corrected chi connectivity index (χ0v) is 11.0. The lowest BCUT2D eigenvalue weighted by atomic mass is 10.3. The van der Waals surface area contributed by atoms with E-state index in [1.165, 1.54) is 23.3 Å². The molecule has 7 heteroatoms. The van der Waals surface area contributed by atoms with Crippen LogP contribution in [-0.4, -0.2) is 33.6 Å². The highest BCUT2D eigenvalue weighted by Crippen LogP contribution is 2.20. The molecule has 90 valence electrons. The highest BCUT2D eigenvalue weighted by molar-refractivity contribution is 8.01. The second-order valence-corrected chi connectivity index (χ2v) is 5.17. The second-order valence-electron chi connectivity index (χ2n) is 3.15. The van der Waals surface area contributed by atoms with Crippen LogP contribution in [0.1, 0.15) is 19.7 Å². The summed E-state index contributed by atoms with van der Waals surface area (Å²) >= 11 is 2.88. The molecule has 0 fully saturated rings. The van der Waals surface area contributed by atoms with Crippen LogP contribution in [0.25, 0.3) is 0 Å². The summed E-state index contributed by atoms with van der Waals surface area (Å²) in [6, 6.07) is -0.302. The number of thioether (sulfide) groups is 1. The van der Waals surface area contributed by atoms with E-state index in [-0.39, 0.29) is 11.9 Å². The number of nitrogens with zero attached hydrogens (tertiary/aromatic N) is 2. The first-order valence-corrected chi connectivity index (χ1v) is 6.91. The maximum Gasteiger partial charge on any atom is 0.235 e. The van der Waals surface area contributed by atoms with E-state index >= 15 is 0 Å². The summed E-state index contributed by atoms with van der Waals surface area (Å²) < 4.78 is 5.07. The smallest absolute Gasteiger partial charge is 0.235 e. The standard InChI is InChI=1S/C9H16N4OS2/c1-3-7-12-9(16-13-7)15-5-6(8(10)14)11-4-2/h6,11H,3-5H2,1-2H3,(H2,10,14). The largest absolute Gasteiger partial charge is 0.368 e. The van der Waals surface area contributed by atoms with Crippen LogP contribution in [0.5, 0.6) is 0 Å².